The van der Waals surface area contributed by atoms with Crippen molar-refractivity contribution in [2.24, 2.45) is 0 Å². The standard InChI is InChI=1S/C15H18ClNO4/c1-9-8-11(5-6-12(9)16)21-10(2)14(18)17-7-3-4-13(17)15(19)20/h5-6,8,10,13H,3-4,7H2,1-2H3,(H,19,20). The Kier molecular flexibility index (Phi) is 4.73. The van der Waals surface area contributed by atoms with Gasteiger partial charge in [0, 0.05) is 11.6 Å². The predicted molar refractivity (Wildman–Crippen MR) is 78.6 cm³/mol. The monoisotopic (exact) mass is 311 g/mol. The van der Waals surface area contributed by atoms with E-state index < -0.39 is 18.1 Å². The van der Waals surface area contributed by atoms with Crippen LogP contribution in [0.1, 0.15) is 25.3 Å². The summed E-state index contributed by atoms with van der Waals surface area (Å²) in [6.07, 6.45) is 0.467. The normalized spacial score (nSPS) is 19.4. The van der Waals surface area contributed by atoms with Crippen molar-refractivity contribution in [3.8, 4) is 5.75 Å². The molecule has 0 bridgehead atoms. The van der Waals surface area contributed by atoms with Gasteiger partial charge in [0.05, 0.1) is 0 Å². The first-order valence-corrected chi connectivity index (χ1v) is 7.24. The Morgan fingerprint density at radius 1 is 1.48 bits per heavy atom. The third-order valence-corrected chi connectivity index (χ3v) is 4.04. The summed E-state index contributed by atoms with van der Waals surface area (Å²) in [6.45, 7) is 3.94. The van der Waals surface area contributed by atoms with Gasteiger partial charge in [0.25, 0.3) is 5.91 Å². The molecule has 0 spiro atoms. The number of hydrogen-bond acceptors (Lipinski definition) is 3. The topological polar surface area (TPSA) is 66.8 Å². The third kappa shape index (κ3) is 3.47. The molecule has 1 saturated heterocycles. The average Bonchev–Trinajstić information content (AvgIpc) is 2.91. The fourth-order valence-electron chi connectivity index (χ4n) is 2.47. The van der Waals surface area contributed by atoms with Crippen LogP contribution in [0.5, 0.6) is 5.75 Å². The van der Waals surface area contributed by atoms with E-state index in [1.807, 2.05) is 6.92 Å². The summed E-state index contributed by atoms with van der Waals surface area (Å²) >= 11 is 5.94. The van der Waals surface area contributed by atoms with Gasteiger partial charge in [0.2, 0.25) is 0 Å². The quantitative estimate of drug-likeness (QED) is 0.927. The van der Waals surface area contributed by atoms with Crippen LogP contribution in [0.15, 0.2) is 18.2 Å². The minimum atomic E-state index is -0.963. The van der Waals surface area contributed by atoms with E-state index in [4.69, 9.17) is 21.4 Å². The van der Waals surface area contributed by atoms with Crippen LogP contribution in [-0.4, -0.2) is 40.6 Å². The Morgan fingerprint density at radius 2 is 2.19 bits per heavy atom. The van der Waals surface area contributed by atoms with E-state index in [0.29, 0.717) is 30.2 Å². The highest BCUT2D eigenvalue weighted by Crippen LogP contribution is 2.23. The highest BCUT2D eigenvalue weighted by Gasteiger charge is 2.36. The average molecular weight is 312 g/mol. The van der Waals surface area contributed by atoms with E-state index >= 15 is 0 Å². The Morgan fingerprint density at radius 3 is 2.81 bits per heavy atom. The summed E-state index contributed by atoms with van der Waals surface area (Å²) in [4.78, 5) is 24.8. The third-order valence-electron chi connectivity index (χ3n) is 3.61. The maximum atomic E-state index is 12.3. The highest BCUT2D eigenvalue weighted by molar-refractivity contribution is 6.31. The molecule has 0 aromatic heterocycles. The summed E-state index contributed by atoms with van der Waals surface area (Å²) in [5, 5.41) is 9.75. The van der Waals surface area contributed by atoms with Gasteiger partial charge < -0.3 is 14.7 Å². The van der Waals surface area contributed by atoms with E-state index in [2.05, 4.69) is 0 Å². The van der Waals surface area contributed by atoms with Gasteiger partial charge in [0.15, 0.2) is 6.10 Å². The van der Waals surface area contributed by atoms with Gasteiger partial charge in [-0.2, -0.15) is 0 Å². The molecule has 114 valence electrons. The molecule has 1 aromatic rings. The molecule has 2 atom stereocenters. The van der Waals surface area contributed by atoms with Crippen molar-refractivity contribution in [2.75, 3.05) is 6.54 Å². The Hall–Kier alpha value is -1.75. The molecule has 5 nitrogen and oxygen atoms in total. The molecular weight excluding hydrogens is 294 g/mol. The van der Waals surface area contributed by atoms with Crippen LogP contribution in [0.3, 0.4) is 0 Å². The number of nitrogens with zero attached hydrogens (tertiary/aromatic N) is 1. The molecule has 2 unspecified atom stereocenters. The molecule has 1 heterocycles. The zero-order valence-electron chi connectivity index (χ0n) is 12.0. The lowest BCUT2D eigenvalue weighted by atomic mass is 10.2. The number of carbonyl (C=O) groups excluding carboxylic acids is 1. The number of rotatable bonds is 4. The summed E-state index contributed by atoms with van der Waals surface area (Å²) in [7, 11) is 0. The van der Waals surface area contributed by atoms with Crippen LogP contribution in [0, 0.1) is 6.92 Å². The van der Waals surface area contributed by atoms with Crippen molar-refractivity contribution in [1.29, 1.82) is 0 Å². The van der Waals surface area contributed by atoms with E-state index in [1.165, 1.54) is 4.90 Å². The van der Waals surface area contributed by atoms with Gasteiger partial charge >= 0.3 is 5.97 Å². The first kappa shape index (κ1) is 15.6. The summed E-state index contributed by atoms with van der Waals surface area (Å²) < 4.78 is 5.61. The lowest BCUT2D eigenvalue weighted by molar-refractivity contribution is -0.150. The number of hydrogen-bond donors (Lipinski definition) is 1. The predicted octanol–water partition coefficient (Wildman–Crippen LogP) is 2.49. The molecule has 6 heteroatoms. The first-order chi connectivity index (χ1) is 9.90. The van der Waals surface area contributed by atoms with Gasteiger partial charge in [-0.1, -0.05) is 11.6 Å². The number of carbonyl (C=O) groups is 2. The lowest BCUT2D eigenvalue weighted by Crippen LogP contribution is -2.46. The van der Waals surface area contributed by atoms with E-state index in [9.17, 15) is 9.59 Å². The van der Waals surface area contributed by atoms with Crippen LogP contribution >= 0.6 is 11.6 Å². The molecule has 1 aromatic carbocycles. The Labute approximate surface area is 128 Å². The highest BCUT2D eigenvalue weighted by atomic mass is 35.5. The fraction of sp³-hybridized carbons (Fsp3) is 0.467. The number of ether oxygens (including phenoxy) is 1. The smallest absolute Gasteiger partial charge is 0.326 e. The van der Waals surface area contributed by atoms with Gasteiger partial charge in [-0.05, 0) is 50.5 Å². The zero-order chi connectivity index (χ0) is 15.6. The van der Waals surface area contributed by atoms with Crippen molar-refractivity contribution >= 4 is 23.5 Å². The van der Waals surface area contributed by atoms with E-state index in [0.717, 1.165) is 5.56 Å². The molecule has 1 amide bonds. The second-order valence-electron chi connectivity index (χ2n) is 5.20. The molecular formula is C15H18ClNO4. The van der Waals surface area contributed by atoms with Crippen molar-refractivity contribution in [2.45, 2.75) is 38.8 Å². The number of likely N-dealkylation sites (tertiary alicyclic amines) is 1. The van der Waals surface area contributed by atoms with E-state index in [-0.39, 0.29) is 5.91 Å². The maximum Gasteiger partial charge on any atom is 0.326 e. The number of aliphatic carboxylic acids is 1. The SMILES string of the molecule is Cc1cc(OC(C)C(=O)N2CCCC2C(=O)O)ccc1Cl. The molecule has 1 fully saturated rings. The number of halogens is 1. The summed E-state index contributed by atoms with van der Waals surface area (Å²) in [6, 6.07) is 4.41. The number of carboxylic acid groups (broad SMARTS) is 1. The first-order valence-electron chi connectivity index (χ1n) is 6.86. The largest absolute Gasteiger partial charge is 0.481 e. The number of benzene rings is 1. The van der Waals surface area contributed by atoms with Crippen LogP contribution < -0.4 is 4.74 Å². The van der Waals surface area contributed by atoms with Gasteiger partial charge in [0.1, 0.15) is 11.8 Å². The fourth-order valence-corrected chi connectivity index (χ4v) is 2.58. The van der Waals surface area contributed by atoms with Gasteiger partial charge in [-0.25, -0.2) is 4.79 Å². The van der Waals surface area contributed by atoms with Crippen molar-refractivity contribution in [3.63, 3.8) is 0 Å². The zero-order valence-corrected chi connectivity index (χ0v) is 12.8. The van der Waals surface area contributed by atoms with Crippen LogP contribution in [0.2, 0.25) is 5.02 Å². The second kappa shape index (κ2) is 6.35. The molecule has 1 aliphatic rings. The van der Waals surface area contributed by atoms with Crippen molar-refractivity contribution in [3.05, 3.63) is 28.8 Å². The minimum Gasteiger partial charge on any atom is -0.481 e. The van der Waals surface area contributed by atoms with Crippen LogP contribution in [0.4, 0.5) is 0 Å². The Balaban J connectivity index is 2.05. The number of carboxylic acids is 1. The van der Waals surface area contributed by atoms with Crippen molar-refractivity contribution < 1.29 is 19.4 Å². The van der Waals surface area contributed by atoms with Crippen LogP contribution in [-0.2, 0) is 9.59 Å². The summed E-state index contributed by atoms with van der Waals surface area (Å²) in [5.41, 5.74) is 0.860. The Bertz CT molecular complexity index is 561. The number of amides is 1. The minimum absolute atomic E-state index is 0.299. The molecule has 1 N–H and O–H groups in total. The van der Waals surface area contributed by atoms with Crippen molar-refractivity contribution in [1.82, 2.24) is 4.90 Å². The maximum absolute atomic E-state index is 12.3. The second-order valence-corrected chi connectivity index (χ2v) is 5.61. The molecule has 0 aliphatic carbocycles. The molecule has 21 heavy (non-hydrogen) atoms. The summed E-state index contributed by atoms with van der Waals surface area (Å²) in [5.74, 6) is -0.716. The van der Waals surface area contributed by atoms with E-state index in [1.54, 1.807) is 25.1 Å². The lowest BCUT2D eigenvalue weighted by Gasteiger charge is -2.25. The molecule has 0 radical (unpaired) electrons. The van der Waals surface area contributed by atoms with Gasteiger partial charge in [-0.15, -0.1) is 0 Å². The molecule has 1 aliphatic heterocycles. The number of aryl methyl sites for hydroxylation is 1. The molecule has 0 saturated carbocycles. The van der Waals surface area contributed by atoms with Crippen LogP contribution in [0.25, 0.3) is 0 Å². The molecule has 2 rings (SSSR count). The van der Waals surface area contributed by atoms with Gasteiger partial charge in [-0.3, -0.25) is 4.79 Å².